The van der Waals surface area contributed by atoms with Crippen molar-refractivity contribution in [3.05, 3.63) is 111 Å². The molecule has 1 atom stereocenters. The number of amides is 2. The zero-order valence-corrected chi connectivity index (χ0v) is 24.9. The Hall–Kier alpha value is -3.13. The van der Waals surface area contributed by atoms with Crippen LogP contribution in [0.2, 0.25) is 15.1 Å². The Balaban J connectivity index is 0.00000108. The number of likely N-dealkylation sites (tertiary alicyclic amines) is 1. The largest absolute Gasteiger partial charge is 0.397 e. The van der Waals surface area contributed by atoms with Gasteiger partial charge in [-0.3, -0.25) is 14.8 Å². The van der Waals surface area contributed by atoms with E-state index in [0.29, 0.717) is 33.2 Å². The van der Waals surface area contributed by atoms with E-state index in [1.54, 1.807) is 36.2 Å². The molecular formula is C32H31Cl3N4O2. The Bertz CT molecular complexity index is 1510. The van der Waals surface area contributed by atoms with Crippen molar-refractivity contribution in [3.8, 4) is 11.1 Å². The zero-order chi connectivity index (χ0) is 28.9. The summed E-state index contributed by atoms with van der Waals surface area (Å²) >= 11 is 19.9. The summed E-state index contributed by atoms with van der Waals surface area (Å²) in [5, 5.41) is 12.1. The third kappa shape index (κ3) is 6.37. The van der Waals surface area contributed by atoms with E-state index >= 15 is 0 Å². The lowest BCUT2D eigenvalue weighted by Gasteiger charge is -2.33. The fourth-order valence-electron chi connectivity index (χ4n) is 5.49. The van der Waals surface area contributed by atoms with Crippen molar-refractivity contribution in [2.24, 2.45) is 0 Å². The summed E-state index contributed by atoms with van der Waals surface area (Å²) in [5.41, 5.74) is 6.52. The first kappa shape index (κ1) is 29.4. The van der Waals surface area contributed by atoms with Crippen LogP contribution in [0.1, 0.15) is 36.0 Å². The Morgan fingerprint density at radius 1 is 0.976 bits per heavy atom. The number of pyridine rings is 1. The summed E-state index contributed by atoms with van der Waals surface area (Å²) in [4.78, 5) is 21.6. The lowest BCUT2D eigenvalue weighted by atomic mass is 9.88. The molecule has 0 aliphatic carbocycles. The Labute approximate surface area is 255 Å². The number of halogens is 3. The summed E-state index contributed by atoms with van der Waals surface area (Å²) in [6.07, 6.45) is 4.73. The molecule has 9 heteroatoms. The molecule has 4 aromatic rings. The second kappa shape index (κ2) is 13.2. The van der Waals surface area contributed by atoms with E-state index in [0.717, 1.165) is 54.0 Å². The van der Waals surface area contributed by atoms with Crippen molar-refractivity contribution in [2.75, 3.05) is 24.6 Å². The van der Waals surface area contributed by atoms with Crippen LogP contribution in [-0.2, 0) is 13.1 Å². The van der Waals surface area contributed by atoms with Gasteiger partial charge in [0.1, 0.15) is 0 Å². The van der Waals surface area contributed by atoms with Crippen molar-refractivity contribution in [3.63, 3.8) is 0 Å². The van der Waals surface area contributed by atoms with Gasteiger partial charge in [0.05, 0.1) is 21.4 Å². The lowest BCUT2D eigenvalue weighted by Crippen LogP contribution is -2.41. The van der Waals surface area contributed by atoms with E-state index in [9.17, 15) is 4.79 Å². The average molecular weight is 610 g/mol. The molecule has 1 saturated heterocycles. The van der Waals surface area contributed by atoms with Crippen LogP contribution < -0.4 is 10.2 Å². The number of fused-ring (bicyclic) bond motifs is 1. The molecule has 6 rings (SSSR count). The van der Waals surface area contributed by atoms with Gasteiger partial charge in [0.25, 0.3) is 0 Å². The van der Waals surface area contributed by atoms with Gasteiger partial charge in [0, 0.05) is 54.8 Å². The summed E-state index contributed by atoms with van der Waals surface area (Å²) < 4.78 is 0. The predicted molar refractivity (Wildman–Crippen MR) is 167 cm³/mol. The minimum absolute atomic E-state index is 0.250. The average Bonchev–Trinajstić information content (AvgIpc) is 3.43. The first-order chi connectivity index (χ1) is 19.9. The Morgan fingerprint density at radius 3 is 2.41 bits per heavy atom. The zero-order valence-electron chi connectivity index (χ0n) is 22.7. The normalized spacial score (nSPS) is 16.6. The molecule has 212 valence electrons. The maximum Gasteiger partial charge on any atom is 0.326 e. The molecule has 3 heterocycles. The number of rotatable bonds is 5. The second-order valence-corrected chi connectivity index (χ2v) is 11.2. The van der Waals surface area contributed by atoms with Gasteiger partial charge in [-0.25, -0.2) is 4.79 Å². The molecule has 3 aromatic carbocycles. The number of urea groups is 1. The van der Waals surface area contributed by atoms with E-state index < -0.39 is 0 Å². The van der Waals surface area contributed by atoms with Crippen LogP contribution in [0.25, 0.3) is 11.1 Å². The molecule has 0 spiro atoms. The number of aliphatic hydroxyl groups excluding tert-OH is 1. The van der Waals surface area contributed by atoms with Gasteiger partial charge < -0.3 is 10.4 Å². The van der Waals surface area contributed by atoms with Gasteiger partial charge in [0.15, 0.2) is 0 Å². The van der Waals surface area contributed by atoms with Gasteiger partial charge in [-0.1, -0.05) is 71.2 Å². The maximum atomic E-state index is 13.3. The highest BCUT2D eigenvalue weighted by atomic mass is 35.5. The van der Waals surface area contributed by atoms with Gasteiger partial charge in [-0.15, -0.1) is 0 Å². The van der Waals surface area contributed by atoms with E-state index in [-0.39, 0.29) is 12.6 Å². The smallest absolute Gasteiger partial charge is 0.326 e. The van der Waals surface area contributed by atoms with Crippen LogP contribution in [0.5, 0.6) is 0 Å². The molecule has 1 fully saturated rings. The maximum absolute atomic E-state index is 13.3. The van der Waals surface area contributed by atoms with Crippen LogP contribution in [0.15, 0.2) is 79.1 Å². The molecule has 6 nitrogen and oxygen atoms in total. The number of nitrogens with zero attached hydrogens (tertiary/aromatic N) is 3. The first-order valence-corrected chi connectivity index (χ1v) is 14.7. The van der Waals surface area contributed by atoms with Gasteiger partial charge >= 0.3 is 6.03 Å². The van der Waals surface area contributed by atoms with Crippen molar-refractivity contribution >= 4 is 52.2 Å². The topological polar surface area (TPSA) is 68.7 Å². The first-order valence-electron chi connectivity index (χ1n) is 13.6. The second-order valence-electron chi connectivity index (χ2n) is 10.0. The van der Waals surface area contributed by atoms with Crippen molar-refractivity contribution in [1.29, 1.82) is 0 Å². The molecule has 2 amide bonds. The number of benzene rings is 3. The quantitative estimate of drug-likeness (QED) is 0.240. The van der Waals surface area contributed by atoms with Crippen LogP contribution in [-0.4, -0.2) is 40.7 Å². The van der Waals surface area contributed by atoms with Crippen molar-refractivity contribution in [1.82, 2.24) is 15.2 Å². The SMILES string of the molecule is CCO.O=C1NCc2c(-c3ccccc3Cl)cc(C3CCN(Cc4cccnc4)C3)cc2N1c1c(Cl)cccc1Cl. The highest BCUT2D eigenvalue weighted by Gasteiger charge is 2.33. The molecule has 41 heavy (non-hydrogen) atoms. The molecule has 2 N–H and O–H groups in total. The van der Waals surface area contributed by atoms with E-state index in [1.165, 1.54) is 5.56 Å². The number of hydrogen-bond acceptors (Lipinski definition) is 4. The molecule has 1 unspecified atom stereocenters. The van der Waals surface area contributed by atoms with Crippen LogP contribution in [0.4, 0.5) is 16.2 Å². The number of carbonyl (C=O) groups excluding carboxylic acids is 1. The van der Waals surface area contributed by atoms with E-state index in [2.05, 4.69) is 33.4 Å². The summed E-state index contributed by atoms with van der Waals surface area (Å²) in [5.74, 6) is 0.298. The number of hydrogen-bond donors (Lipinski definition) is 2. The highest BCUT2D eigenvalue weighted by molar-refractivity contribution is 6.40. The number of nitrogens with one attached hydrogen (secondary N) is 1. The molecule has 0 radical (unpaired) electrons. The fourth-order valence-corrected chi connectivity index (χ4v) is 6.30. The standard InChI is InChI=1S/C30H25Cl3N4O.C2H6O/c31-25-7-2-1-6-22(25)23-13-21(20-10-12-36(18-20)17-19-5-4-11-34-15-19)14-28-24(23)16-35-30(38)37(28)29-26(32)8-3-9-27(29)33;1-2-3/h1-9,11,13-15,20H,10,12,16-18H2,(H,35,38);3H,2H2,1H3. The van der Waals surface area contributed by atoms with Gasteiger partial charge in [0.2, 0.25) is 0 Å². The summed E-state index contributed by atoms with van der Waals surface area (Å²) in [6, 6.07) is 21.3. The van der Waals surface area contributed by atoms with Crippen LogP contribution in [0, 0.1) is 0 Å². The third-order valence-corrected chi connectivity index (χ3v) is 8.25. The van der Waals surface area contributed by atoms with Crippen molar-refractivity contribution < 1.29 is 9.90 Å². The lowest BCUT2D eigenvalue weighted by molar-refractivity contribution is 0.247. The van der Waals surface area contributed by atoms with Crippen LogP contribution in [0.3, 0.4) is 0 Å². The number of aromatic nitrogens is 1. The Morgan fingerprint density at radius 2 is 1.71 bits per heavy atom. The third-order valence-electron chi connectivity index (χ3n) is 7.31. The number of aliphatic hydroxyl groups is 1. The minimum Gasteiger partial charge on any atom is -0.397 e. The summed E-state index contributed by atoms with van der Waals surface area (Å²) in [7, 11) is 0. The van der Waals surface area contributed by atoms with E-state index in [1.807, 2.05) is 36.5 Å². The van der Waals surface area contributed by atoms with Gasteiger partial charge in [-0.05, 0) is 72.8 Å². The van der Waals surface area contributed by atoms with Gasteiger partial charge in [-0.2, -0.15) is 0 Å². The molecule has 2 aliphatic rings. The number of anilines is 2. The Kier molecular flexibility index (Phi) is 9.48. The molecule has 0 bridgehead atoms. The van der Waals surface area contributed by atoms with Crippen LogP contribution >= 0.6 is 34.8 Å². The fraction of sp³-hybridized carbons (Fsp3) is 0.250. The highest BCUT2D eigenvalue weighted by Crippen LogP contribution is 2.46. The minimum atomic E-state index is -0.264. The molecule has 1 aromatic heterocycles. The van der Waals surface area contributed by atoms with Crippen molar-refractivity contribution in [2.45, 2.75) is 32.4 Å². The molecular weight excluding hydrogens is 579 g/mol. The monoisotopic (exact) mass is 608 g/mol. The molecule has 2 aliphatic heterocycles. The summed E-state index contributed by atoms with van der Waals surface area (Å²) in [6.45, 7) is 5.06. The number of para-hydroxylation sites is 1. The number of carbonyl (C=O) groups is 1. The predicted octanol–water partition coefficient (Wildman–Crippen LogP) is 8.06. The molecule has 0 saturated carbocycles. The van der Waals surface area contributed by atoms with E-state index in [4.69, 9.17) is 39.9 Å².